The largest absolute Gasteiger partial charge is 0.241 e. The molecule has 1 unspecified atom stereocenters. The van der Waals surface area contributed by atoms with Crippen LogP contribution in [0.25, 0.3) is 0 Å². The summed E-state index contributed by atoms with van der Waals surface area (Å²) in [5.74, 6) is 1.60. The van der Waals surface area contributed by atoms with E-state index in [-0.39, 0.29) is 0 Å². The second-order valence-electron chi connectivity index (χ2n) is 6.01. The van der Waals surface area contributed by atoms with Crippen molar-refractivity contribution in [3.8, 4) is 0 Å². The normalized spacial score (nSPS) is 12.6. The maximum atomic E-state index is 4.67. The maximum Gasteiger partial charge on any atom is 0.131 e. The van der Waals surface area contributed by atoms with Crippen molar-refractivity contribution >= 4 is 0 Å². The summed E-state index contributed by atoms with van der Waals surface area (Å²) < 4.78 is 0. The van der Waals surface area contributed by atoms with Gasteiger partial charge in [-0.1, -0.05) is 58.8 Å². The number of rotatable bonds is 10. The lowest BCUT2D eigenvalue weighted by molar-refractivity contribution is 0.509. The molecular formula is C18H32N2. The van der Waals surface area contributed by atoms with Crippen LogP contribution in [0.15, 0.2) is 6.20 Å². The van der Waals surface area contributed by atoms with Crippen LogP contribution >= 0.6 is 0 Å². The Balaban J connectivity index is 2.30. The third-order valence-corrected chi connectivity index (χ3v) is 4.26. The van der Waals surface area contributed by atoms with Gasteiger partial charge in [-0.25, -0.2) is 9.97 Å². The number of nitrogens with zero attached hydrogens (tertiary/aromatic N) is 2. The first-order valence-corrected chi connectivity index (χ1v) is 8.49. The summed E-state index contributed by atoms with van der Waals surface area (Å²) in [5, 5.41) is 0. The van der Waals surface area contributed by atoms with Gasteiger partial charge >= 0.3 is 0 Å². The van der Waals surface area contributed by atoms with Gasteiger partial charge in [0.15, 0.2) is 0 Å². The molecule has 20 heavy (non-hydrogen) atoms. The Labute approximate surface area is 125 Å². The van der Waals surface area contributed by atoms with E-state index >= 15 is 0 Å². The van der Waals surface area contributed by atoms with Gasteiger partial charge in [0, 0.05) is 17.8 Å². The molecule has 0 fully saturated rings. The molecule has 1 aromatic heterocycles. The monoisotopic (exact) mass is 276 g/mol. The molecule has 1 atom stereocenters. The van der Waals surface area contributed by atoms with Crippen LogP contribution in [-0.4, -0.2) is 9.97 Å². The van der Waals surface area contributed by atoms with E-state index < -0.39 is 0 Å². The lowest BCUT2D eigenvalue weighted by atomic mass is 9.96. The highest BCUT2D eigenvalue weighted by Gasteiger charge is 2.12. The van der Waals surface area contributed by atoms with Gasteiger partial charge < -0.3 is 0 Å². The highest BCUT2D eigenvalue weighted by molar-refractivity contribution is 5.15. The van der Waals surface area contributed by atoms with Gasteiger partial charge in [-0.3, -0.25) is 0 Å². The van der Waals surface area contributed by atoms with Crippen molar-refractivity contribution < 1.29 is 0 Å². The van der Waals surface area contributed by atoms with E-state index in [0.29, 0.717) is 5.92 Å². The number of hydrogen-bond acceptors (Lipinski definition) is 2. The Hall–Kier alpha value is -0.920. The summed E-state index contributed by atoms with van der Waals surface area (Å²) >= 11 is 0. The van der Waals surface area contributed by atoms with Gasteiger partial charge in [0.1, 0.15) is 5.82 Å². The standard InChI is InChI=1S/C18H32N2/c1-5-7-8-9-10-11-12-13-17(6-2)18-19-14-15(3)16(4)20-18/h14,17H,5-13H2,1-4H3. The minimum absolute atomic E-state index is 0.546. The fourth-order valence-corrected chi connectivity index (χ4v) is 2.61. The molecule has 2 nitrogen and oxygen atoms in total. The molecule has 0 saturated carbocycles. The number of unbranched alkanes of at least 4 members (excludes halogenated alkanes) is 6. The molecule has 2 heteroatoms. The zero-order valence-corrected chi connectivity index (χ0v) is 13.9. The number of aryl methyl sites for hydroxylation is 2. The van der Waals surface area contributed by atoms with Crippen molar-refractivity contribution in [1.82, 2.24) is 9.97 Å². The molecule has 1 rings (SSSR count). The van der Waals surface area contributed by atoms with Crippen LogP contribution in [0.3, 0.4) is 0 Å². The highest BCUT2D eigenvalue weighted by atomic mass is 14.9. The van der Waals surface area contributed by atoms with E-state index in [2.05, 4.69) is 37.7 Å². The molecule has 0 spiro atoms. The van der Waals surface area contributed by atoms with E-state index in [9.17, 15) is 0 Å². The maximum absolute atomic E-state index is 4.67. The van der Waals surface area contributed by atoms with Gasteiger partial charge in [0.05, 0.1) is 0 Å². The van der Waals surface area contributed by atoms with Crippen molar-refractivity contribution in [3.05, 3.63) is 23.3 Å². The average molecular weight is 276 g/mol. The first kappa shape index (κ1) is 17.1. The van der Waals surface area contributed by atoms with E-state index in [4.69, 9.17) is 0 Å². The van der Waals surface area contributed by atoms with Crippen LogP contribution in [0.1, 0.15) is 94.6 Å². The fourth-order valence-electron chi connectivity index (χ4n) is 2.61. The molecule has 0 aliphatic rings. The zero-order valence-electron chi connectivity index (χ0n) is 13.9. The molecule has 1 heterocycles. The van der Waals surface area contributed by atoms with E-state index in [0.717, 1.165) is 17.9 Å². The first-order valence-electron chi connectivity index (χ1n) is 8.49. The van der Waals surface area contributed by atoms with E-state index in [1.54, 1.807) is 0 Å². The Bertz CT molecular complexity index is 374. The fraction of sp³-hybridized carbons (Fsp3) is 0.778. The van der Waals surface area contributed by atoms with Crippen LogP contribution in [-0.2, 0) is 0 Å². The van der Waals surface area contributed by atoms with Crippen molar-refractivity contribution in [2.24, 2.45) is 0 Å². The Morgan fingerprint density at radius 2 is 1.60 bits per heavy atom. The topological polar surface area (TPSA) is 25.8 Å². The SMILES string of the molecule is CCCCCCCCCC(CC)c1ncc(C)c(C)n1. The molecule has 0 radical (unpaired) electrons. The molecule has 0 aromatic carbocycles. The van der Waals surface area contributed by atoms with Crippen LogP contribution in [0.4, 0.5) is 0 Å². The minimum atomic E-state index is 0.546. The second-order valence-corrected chi connectivity index (χ2v) is 6.01. The summed E-state index contributed by atoms with van der Waals surface area (Å²) in [4.78, 5) is 9.21. The van der Waals surface area contributed by atoms with Gasteiger partial charge in [-0.15, -0.1) is 0 Å². The predicted molar refractivity (Wildman–Crippen MR) is 87.1 cm³/mol. The van der Waals surface area contributed by atoms with Gasteiger partial charge in [-0.05, 0) is 32.3 Å². The number of hydrogen-bond donors (Lipinski definition) is 0. The van der Waals surface area contributed by atoms with Crippen LogP contribution in [0, 0.1) is 13.8 Å². The van der Waals surface area contributed by atoms with Gasteiger partial charge in [0.2, 0.25) is 0 Å². The van der Waals surface area contributed by atoms with E-state index in [1.165, 1.54) is 56.9 Å². The quantitative estimate of drug-likeness (QED) is 0.510. The highest BCUT2D eigenvalue weighted by Crippen LogP contribution is 2.23. The third kappa shape index (κ3) is 6.02. The molecule has 1 aromatic rings. The summed E-state index contributed by atoms with van der Waals surface area (Å²) in [6.45, 7) is 8.69. The smallest absolute Gasteiger partial charge is 0.131 e. The lowest BCUT2D eigenvalue weighted by Crippen LogP contribution is -2.05. The average Bonchev–Trinajstić information content (AvgIpc) is 2.45. The molecule has 0 N–H and O–H groups in total. The summed E-state index contributed by atoms with van der Waals surface area (Å²) in [5.41, 5.74) is 2.33. The Morgan fingerprint density at radius 1 is 0.950 bits per heavy atom. The Morgan fingerprint density at radius 3 is 2.20 bits per heavy atom. The second kappa shape index (κ2) is 9.90. The van der Waals surface area contributed by atoms with E-state index in [1.807, 2.05) is 6.20 Å². The Kier molecular flexibility index (Phi) is 8.48. The van der Waals surface area contributed by atoms with Gasteiger partial charge in [-0.2, -0.15) is 0 Å². The number of aromatic nitrogens is 2. The third-order valence-electron chi connectivity index (χ3n) is 4.26. The predicted octanol–water partition coefficient (Wildman–Crippen LogP) is 5.73. The minimum Gasteiger partial charge on any atom is -0.241 e. The molecule has 0 aliphatic carbocycles. The van der Waals surface area contributed by atoms with Crippen LogP contribution in [0.5, 0.6) is 0 Å². The van der Waals surface area contributed by atoms with Crippen LogP contribution < -0.4 is 0 Å². The van der Waals surface area contributed by atoms with Crippen LogP contribution in [0.2, 0.25) is 0 Å². The molecule has 0 saturated heterocycles. The molecule has 0 amide bonds. The summed E-state index contributed by atoms with van der Waals surface area (Å²) in [6, 6.07) is 0. The molecular weight excluding hydrogens is 244 g/mol. The van der Waals surface area contributed by atoms with Crippen molar-refractivity contribution in [2.75, 3.05) is 0 Å². The lowest BCUT2D eigenvalue weighted by Gasteiger charge is -2.14. The van der Waals surface area contributed by atoms with Crippen molar-refractivity contribution in [3.63, 3.8) is 0 Å². The molecule has 114 valence electrons. The molecule has 0 bridgehead atoms. The first-order chi connectivity index (χ1) is 9.69. The summed E-state index contributed by atoms with van der Waals surface area (Å²) in [7, 11) is 0. The van der Waals surface area contributed by atoms with Crippen molar-refractivity contribution in [2.45, 2.75) is 91.4 Å². The van der Waals surface area contributed by atoms with Gasteiger partial charge in [0.25, 0.3) is 0 Å². The van der Waals surface area contributed by atoms with Crippen molar-refractivity contribution in [1.29, 1.82) is 0 Å². The summed E-state index contributed by atoms with van der Waals surface area (Å²) in [6.07, 6.45) is 14.0. The zero-order chi connectivity index (χ0) is 14.8. The molecule has 0 aliphatic heterocycles.